The van der Waals surface area contributed by atoms with E-state index in [1.54, 1.807) is 0 Å². The Bertz CT molecular complexity index is 210. The number of nitrogens with zero attached hydrogens (tertiary/aromatic N) is 1. The topological polar surface area (TPSA) is 20.3 Å². The summed E-state index contributed by atoms with van der Waals surface area (Å²) in [6, 6.07) is 0.586. The molecule has 0 bridgehead atoms. The predicted molar refractivity (Wildman–Crippen MR) is 57.2 cm³/mol. The van der Waals surface area contributed by atoms with E-state index in [-0.39, 0.29) is 0 Å². The highest BCUT2D eigenvalue weighted by atomic mass is 16.1. The maximum Gasteiger partial charge on any atom is 0.134 e. The Morgan fingerprint density at radius 1 is 1.36 bits per heavy atom. The molecule has 80 valence electrons. The second-order valence-corrected chi connectivity index (χ2v) is 4.87. The molecule has 2 nitrogen and oxygen atoms in total. The van der Waals surface area contributed by atoms with Crippen molar-refractivity contribution in [2.24, 2.45) is 5.92 Å². The standard InChI is InChI=1S/C12H21NO/c1-2-7-13(9-10-3-4-10)11-5-6-12(14)8-11/h10-11H,2-9H2,1H3. The lowest BCUT2D eigenvalue weighted by molar-refractivity contribution is -0.117. The molecule has 14 heavy (non-hydrogen) atoms. The zero-order valence-electron chi connectivity index (χ0n) is 9.17. The van der Waals surface area contributed by atoms with Gasteiger partial charge in [-0.3, -0.25) is 9.69 Å². The van der Waals surface area contributed by atoms with E-state index in [9.17, 15) is 4.79 Å². The van der Waals surface area contributed by atoms with Gasteiger partial charge in [0.1, 0.15) is 5.78 Å². The van der Waals surface area contributed by atoms with Crippen molar-refractivity contribution in [3.63, 3.8) is 0 Å². The molecule has 2 aliphatic rings. The summed E-state index contributed by atoms with van der Waals surface area (Å²) in [4.78, 5) is 13.8. The molecule has 0 N–H and O–H groups in total. The third-order valence-electron chi connectivity index (χ3n) is 3.44. The minimum atomic E-state index is 0.479. The van der Waals surface area contributed by atoms with Gasteiger partial charge in [-0.15, -0.1) is 0 Å². The highest BCUT2D eigenvalue weighted by Gasteiger charge is 2.31. The van der Waals surface area contributed by atoms with Gasteiger partial charge in [0.25, 0.3) is 0 Å². The first-order valence-electron chi connectivity index (χ1n) is 6.05. The Morgan fingerprint density at radius 3 is 2.64 bits per heavy atom. The molecule has 2 heteroatoms. The van der Waals surface area contributed by atoms with Crippen LogP contribution in [0.1, 0.15) is 45.4 Å². The van der Waals surface area contributed by atoms with Crippen molar-refractivity contribution in [3.8, 4) is 0 Å². The molecular formula is C12H21NO. The molecule has 0 aromatic rings. The van der Waals surface area contributed by atoms with Crippen LogP contribution >= 0.6 is 0 Å². The van der Waals surface area contributed by atoms with Gasteiger partial charge in [0, 0.05) is 25.4 Å². The molecule has 0 aromatic carbocycles. The summed E-state index contributed by atoms with van der Waals surface area (Å²) in [5.74, 6) is 1.43. The van der Waals surface area contributed by atoms with Gasteiger partial charge in [0.2, 0.25) is 0 Å². The van der Waals surface area contributed by atoms with E-state index in [1.165, 1.54) is 32.4 Å². The summed E-state index contributed by atoms with van der Waals surface area (Å²) in [5, 5.41) is 0. The third-order valence-corrected chi connectivity index (χ3v) is 3.44. The first-order valence-corrected chi connectivity index (χ1v) is 6.05. The Hall–Kier alpha value is -0.370. The number of carbonyl (C=O) groups excluding carboxylic acids is 1. The summed E-state index contributed by atoms with van der Waals surface area (Å²) in [5.41, 5.74) is 0. The SMILES string of the molecule is CCCN(CC1CC1)C1CCC(=O)C1. The van der Waals surface area contributed by atoms with Crippen molar-refractivity contribution in [2.75, 3.05) is 13.1 Å². The minimum Gasteiger partial charge on any atom is -0.300 e. The first-order chi connectivity index (χ1) is 6.79. The molecule has 0 radical (unpaired) electrons. The molecule has 2 fully saturated rings. The molecule has 2 aliphatic carbocycles. The van der Waals surface area contributed by atoms with Crippen molar-refractivity contribution >= 4 is 5.78 Å². The van der Waals surface area contributed by atoms with Crippen molar-refractivity contribution in [1.29, 1.82) is 0 Å². The fourth-order valence-electron chi connectivity index (χ4n) is 2.45. The number of hydrogen-bond acceptors (Lipinski definition) is 2. The molecule has 0 spiro atoms. The van der Waals surface area contributed by atoms with E-state index in [2.05, 4.69) is 11.8 Å². The molecule has 0 aliphatic heterocycles. The van der Waals surface area contributed by atoms with Gasteiger partial charge >= 0.3 is 0 Å². The lowest BCUT2D eigenvalue weighted by atomic mass is 10.2. The molecule has 1 unspecified atom stereocenters. The Morgan fingerprint density at radius 2 is 2.14 bits per heavy atom. The number of rotatable bonds is 5. The normalized spacial score (nSPS) is 27.6. The number of Topliss-reactive ketones (excluding diaryl/α,β-unsaturated/α-hetero) is 1. The lowest BCUT2D eigenvalue weighted by Gasteiger charge is -2.27. The van der Waals surface area contributed by atoms with Gasteiger partial charge in [-0.2, -0.15) is 0 Å². The van der Waals surface area contributed by atoms with Gasteiger partial charge in [-0.1, -0.05) is 6.92 Å². The highest BCUT2D eigenvalue weighted by Crippen LogP contribution is 2.32. The lowest BCUT2D eigenvalue weighted by Crippen LogP contribution is -2.35. The summed E-state index contributed by atoms with van der Waals surface area (Å²) in [7, 11) is 0. The van der Waals surface area contributed by atoms with Crippen LogP contribution in [0, 0.1) is 5.92 Å². The molecule has 0 aromatic heterocycles. The van der Waals surface area contributed by atoms with Crippen molar-refractivity contribution < 1.29 is 4.79 Å². The van der Waals surface area contributed by atoms with Crippen molar-refractivity contribution in [1.82, 2.24) is 4.90 Å². The van der Waals surface area contributed by atoms with Crippen LogP contribution < -0.4 is 0 Å². The fourth-order valence-corrected chi connectivity index (χ4v) is 2.45. The van der Waals surface area contributed by atoms with Crippen LogP contribution in [0.5, 0.6) is 0 Å². The first kappa shape index (κ1) is 10.2. The van der Waals surface area contributed by atoms with Crippen LogP contribution in [0.15, 0.2) is 0 Å². The Balaban J connectivity index is 1.84. The van der Waals surface area contributed by atoms with Crippen LogP contribution in [0.4, 0.5) is 0 Å². The number of ketones is 1. The number of carbonyl (C=O) groups is 1. The van der Waals surface area contributed by atoms with Crippen LogP contribution in [-0.2, 0) is 4.79 Å². The molecule has 0 heterocycles. The zero-order valence-corrected chi connectivity index (χ0v) is 9.17. The van der Waals surface area contributed by atoms with Crippen LogP contribution in [0.3, 0.4) is 0 Å². The molecule has 0 saturated heterocycles. The summed E-state index contributed by atoms with van der Waals surface area (Å²) in [6.45, 7) is 4.68. The number of hydrogen-bond donors (Lipinski definition) is 0. The largest absolute Gasteiger partial charge is 0.300 e. The van der Waals surface area contributed by atoms with Crippen molar-refractivity contribution in [3.05, 3.63) is 0 Å². The van der Waals surface area contributed by atoms with Gasteiger partial charge in [-0.05, 0) is 38.1 Å². The van der Waals surface area contributed by atoms with Crippen molar-refractivity contribution in [2.45, 2.75) is 51.5 Å². The van der Waals surface area contributed by atoms with Crippen LogP contribution in [0.25, 0.3) is 0 Å². The van der Waals surface area contributed by atoms with Crippen LogP contribution in [-0.4, -0.2) is 29.8 Å². The van der Waals surface area contributed by atoms with Gasteiger partial charge in [0.05, 0.1) is 0 Å². The summed E-state index contributed by atoms with van der Waals surface area (Å²) >= 11 is 0. The summed E-state index contributed by atoms with van der Waals surface area (Å²) in [6.07, 6.45) is 6.83. The highest BCUT2D eigenvalue weighted by molar-refractivity contribution is 5.81. The third kappa shape index (κ3) is 2.57. The zero-order chi connectivity index (χ0) is 9.97. The summed E-state index contributed by atoms with van der Waals surface area (Å²) < 4.78 is 0. The molecule has 1 atom stereocenters. The van der Waals surface area contributed by atoms with Gasteiger partial charge < -0.3 is 0 Å². The fraction of sp³-hybridized carbons (Fsp3) is 0.917. The smallest absolute Gasteiger partial charge is 0.134 e. The molecular weight excluding hydrogens is 174 g/mol. The van der Waals surface area contributed by atoms with E-state index in [1.807, 2.05) is 0 Å². The quantitative estimate of drug-likeness (QED) is 0.670. The molecule has 0 amide bonds. The van der Waals surface area contributed by atoms with E-state index in [0.29, 0.717) is 11.8 Å². The average molecular weight is 195 g/mol. The van der Waals surface area contributed by atoms with E-state index < -0.39 is 0 Å². The molecule has 2 rings (SSSR count). The predicted octanol–water partition coefficient (Wildman–Crippen LogP) is 2.23. The maximum atomic E-state index is 11.2. The van der Waals surface area contributed by atoms with Gasteiger partial charge in [-0.25, -0.2) is 0 Å². The maximum absolute atomic E-state index is 11.2. The van der Waals surface area contributed by atoms with Crippen LogP contribution in [0.2, 0.25) is 0 Å². The monoisotopic (exact) mass is 195 g/mol. The van der Waals surface area contributed by atoms with E-state index >= 15 is 0 Å². The second-order valence-electron chi connectivity index (χ2n) is 4.87. The second kappa shape index (κ2) is 4.43. The minimum absolute atomic E-state index is 0.479. The Kier molecular flexibility index (Phi) is 3.22. The Labute approximate surface area is 86.7 Å². The molecule has 2 saturated carbocycles. The van der Waals surface area contributed by atoms with E-state index in [4.69, 9.17) is 0 Å². The average Bonchev–Trinajstić information content (AvgIpc) is 2.87. The van der Waals surface area contributed by atoms with Gasteiger partial charge in [0.15, 0.2) is 0 Å². The van der Waals surface area contributed by atoms with E-state index in [0.717, 1.165) is 25.2 Å².